The molecule has 3 nitrogen and oxygen atoms in total. The number of rotatable bonds is 7. The van der Waals surface area contributed by atoms with Crippen molar-refractivity contribution in [1.82, 2.24) is 15.1 Å². The van der Waals surface area contributed by atoms with Gasteiger partial charge in [0.15, 0.2) is 0 Å². The molecule has 0 aromatic carbocycles. The molecule has 0 amide bonds. The molecule has 5 heteroatoms. The maximum atomic E-state index is 6.16. The van der Waals surface area contributed by atoms with E-state index >= 15 is 0 Å². The van der Waals surface area contributed by atoms with Gasteiger partial charge in [-0.15, -0.1) is 11.6 Å². The molecule has 0 radical (unpaired) electrons. The average molecular weight is 278 g/mol. The summed E-state index contributed by atoms with van der Waals surface area (Å²) in [5.74, 6) is 1.34. The largest absolute Gasteiger partial charge is 0.311 e. The summed E-state index contributed by atoms with van der Waals surface area (Å²) in [4.78, 5) is 0. The number of alkyl halides is 1. The summed E-state index contributed by atoms with van der Waals surface area (Å²) < 4.78 is 1.84. The maximum Gasteiger partial charge on any atom is 0.0860 e. The third-order valence-corrected chi connectivity index (χ3v) is 3.89. The predicted octanol–water partition coefficient (Wildman–Crippen LogP) is 3.13. The second-order valence-electron chi connectivity index (χ2n) is 4.55. The van der Waals surface area contributed by atoms with Gasteiger partial charge >= 0.3 is 0 Å². The predicted molar refractivity (Wildman–Crippen MR) is 73.8 cm³/mol. The van der Waals surface area contributed by atoms with Crippen LogP contribution < -0.4 is 5.32 Å². The molecule has 0 aliphatic heterocycles. The number of hydrogen-bond donors (Lipinski definition) is 1. The summed E-state index contributed by atoms with van der Waals surface area (Å²) in [7, 11) is 1.92. The van der Waals surface area contributed by atoms with E-state index in [4.69, 9.17) is 23.2 Å². The summed E-state index contributed by atoms with van der Waals surface area (Å²) in [6.07, 6.45) is 2.30. The molecule has 1 aromatic rings. The molecule has 1 unspecified atom stereocenters. The number of nitrogens with zero attached hydrogens (tertiary/aromatic N) is 2. The fraction of sp³-hybridized carbons (Fsp3) is 0.750. The van der Waals surface area contributed by atoms with E-state index in [-0.39, 0.29) is 0 Å². The number of hydrogen-bond acceptors (Lipinski definition) is 2. The zero-order chi connectivity index (χ0) is 12.8. The van der Waals surface area contributed by atoms with Crippen LogP contribution in [0.1, 0.15) is 31.2 Å². The van der Waals surface area contributed by atoms with E-state index in [0.29, 0.717) is 5.92 Å². The maximum absolute atomic E-state index is 6.16. The van der Waals surface area contributed by atoms with Crippen LogP contribution >= 0.6 is 23.2 Å². The van der Waals surface area contributed by atoms with Gasteiger partial charge in [-0.3, -0.25) is 4.68 Å². The van der Waals surface area contributed by atoms with Crippen LogP contribution in [0.15, 0.2) is 0 Å². The van der Waals surface area contributed by atoms with Crippen molar-refractivity contribution in [2.24, 2.45) is 13.0 Å². The van der Waals surface area contributed by atoms with Crippen LogP contribution in [-0.4, -0.2) is 22.2 Å². The van der Waals surface area contributed by atoms with Crippen molar-refractivity contribution in [3.05, 3.63) is 16.4 Å². The lowest BCUT2D eigenvalue weighted by atomic mass is 10.1. The van der Waals surface area contributed by atoms with E-state index in [2.05, 4.69) is 17.3 Å². The highest BCUT2D eigenvalue weighted by molar-refractivity contribution is 6.31. The number of nitrogens with one attached hydrogen (secondary N) is 1. The minimum atomic E-state index is 0.598. The van der Waals surface area contributed by atoms with Gasteiger partial charge in [-0.1, -0.05) is 18.5 Å². The van der Waals surface area contributed by atoms with Crippen LogP contribution in [0.5, 0.6) is 0 Å². The molecule has 1 heterocycles. The Morgan fingerprint density at radius 1 is 1.47 bits per heavy atom. The molecule has 0 bridgehead atoms. The van der Waals surface area contributed by atoms with Gasteiger partial charge in [0.2, 0.25) is 0 Å². The number of aryl methyl sites for hydroxylation is 2. The highest BCUT2D eigenvalue weighted by Gasteiger charge is 2.09. The van der Waals surface area contributed by atoms with Gasteiger partial charge in [-0.2, -0.15) is 5.10 Å². The van der Waals surface area contributed by atoms with Crippen molar-refractivity contribution in [3.63, 3.8) is 0 Å². The van der Waals surface area contributed by atoms with Crippen molar-refractivity contribution < 1.29 is 0 Å². The van der Waals surface area contributed by atoms with E-state index in [1.54, 1.807) is 0 Å². The molecule has 0 saturated carbocycles. The molecule has 98 valence electrons. The Bertz CT molecular complexity index is 350. The van der Waals surface area contributed by atoms with Crippen LogP contribution in [0, 0.1) is 12.8 Å². The Hall–Kier alpha value is -0.250. The van der Waals surface area contributed by atoms with Crippen molar-refractivity contribution >= 4 is 23.2 Å². The SMILES string of the molecule is Cc1nn(C)c(CNCCCC(C)CCl)c1Cl. The number of halogens is 2. The first-order chi connectivity index (χ1) is 8.06. The van der Waals surface area contributed by atoms with E-state index in [1.165, 1.54) is 0 Å². The minimum absolute atomic E-state index is 0.598. The molecule has 0 spiro atoms. The lowest BCUT2D eigenvalue weighted by Crippen LogP contribution is -2.18. The molecular formula is C12H21Cl2N3. The van der Waals surface area contributed by atoms with Crippen molar-refractivity contribution in [1.29, 1.82) is 0 Å². The minimum Gasteiger partial charge on any atom is -0.311 e. The summed E-state index contributed by atoms with van der Waals surface area (Å²) in [5, 5.41) is 8.44. The van der Waals surface area contributed by atoms with Gasteiger partial charge in [0.05, 0.1) is 16.4 Å². The Kier molecular flexibility index (Phi) is 6.31. The van der Waals surface area contributed by atoms with Gasteiger partial charge in [0, 0.05) is 19.5 Å². The van der Waals surface area contributed by atoms with E-state index in [0.717, 1.165) is 48.2 Å². The van der Waals surface area contributed by atoms with Gasteiger partial charge in [0.25, 0.3) is 0 Å². The average Bonchev–Trinajstić information content (AvgIpc) is 2.54. The van der Waals surface area contributed by atoms with Crippen molar-refractivity contribution in [2.75, 3.05) is 12.4 Å². The van der Waals surface area contributed by atoms with Crippen molar-refractivity contribution in [3.8, 4) is 0 Å². The number of aromatic nitrogens is 2. The molecule has 17 heavy (non-hydrogen) atoms. The first-order valence-corrected chi connectivity index (χ1v) is 6.92. The Labute approximate surface area is 113 Å². The first-order valence-electron chi connectivity index (χ1n) is 6.01. The molecule has 0 fully saturated rings. The Morgan fingerprint density at radius 3 is 2.71 bits per heavy atom. The van der Waals surface area contributed by atoms with Gasteiger partial charge in [-0.25, -0.2) is 0 Å². The first kappa shape index (κ1) is 14.8. The molecule has 1 aromatic heterocycles. The highest BCUT2D eigenvalue weighted by Crippen LogP contribution is 2.18. The zero-order valence-electron chi connectivity index (χ0n) is 10.8. The van der Waals surface area contributed by atoms with E-state index in [9.17, 15) is 0 Å². The van der Waals surface area contributed by atoms with Crippen LogP contribution in [0.25, 0.3) is 0 Å². The second-order valence-corrected chi connectivity index (χ2v) is 5.23. The molecule has 1 atom stereocenters. The quantitative estimate of drug-likeness (QED) is 0.613. The monoisotopic (exact) mass is 277 g/mol. The third kappa shape index (κ3) is 4.49. The molecular weight excluding hydrogens is 257 g/mol. The van der Waals surface area contributed by atoms with Gasteiger partial charge in [-0.05, 0) is 32.2 Å². The molecule has 0 aliphatic rings. The second kappa shape index (κ2) is 7.24. The van der Waals surface area contributed by atoms with Gasteiger partial charge in [0.1, 0.15) is 0 Å². The third-order valence-electron chi connectivity index (χ3n) is 2.87. The van der Waals surface area contributed by atoms with Gasteiger partial charge < -0.3 is 5.32 Å². The summed E-state index contributed by atoms with van der Waals surface area (Å²) in [5.41, 5.74) is 1.94. The van der Waals surface area contributed by atoms with Crippen LogP contribution in [0.4, 0.5) is 0 Å². The fourth-order valence-electron chi connectivity index (χ4n) is 1.73. The summed E-state index contributed by atoms with van der Waals surface area (Å²) >= 11 is 11.9. The smallest absolute Gasteiger partial charge is 0.0860 e. The topological polar surface area (TPSA) is 29.9 Å². The standard InChI is InChI=1S/C12H21Cl2N3/c1-9(7-13)5-4-6-15-8-11-12(14)10(2)16-17(11)3/h9,15H,4-8H2,1-3H3. The summed E-state index contributed by atoms with van der Waals surface area (Å²) in [6.45, 7) is 5.86. The molecule has 1 N–H and O–H groups in total. The lowest BCUT2D eigenvalue weighted by Gasteiger charge is -2.08. The molecule has 0 aliphatic carbocycles. The molecule has 1 rings (SSSR count). The Morgan fingerprint density at radius 2 is 2.18 bits per heavy atom. The normalized spacial score (nSPS) is 13.0. The van der Waals surface area contributed by atoms with Crippen molar-refractivity contribution in [2.45, 2.75) is 33.2 Å². The Balaban J connectivity index is 2.27. The molecule has 0 saturated heterocycles. The van der Waals surface area contributed by atoms with Crippen LogP contribution in [0.2, 0.25) is 5.02 Å². The van der Waals surface area contributed by atoms with Crippen LogP contribution in [-0.2, 0) is 13.6 Å². The highest BCUT2D eigenvalue weighted by atomic mass is 35.5. The zero-order valence-corrected chi connectivity index (χ0v) is 12.3. The fourth-order valence-corrected chi connectivity index (χ4v) is 2.11. The van der Waals surface area contributed by atoms with E-state index in [1.807, 2.05) is 18.7 Å². The van der Waals surface area contributed by atoms with E-state index < -0.39 is 0 Å². The lowest BCUT2D eigenvalue weighted by molar-refractivity contribution is 0.524. The summed E-state index contributed by atoms with van der Waals surface area (Å²) in [6, 6.07) is 0. The van der Waals surface area contributed by atoms with Crippen LogP contribution in [0.3, 0.4) is 0 Å².